The summed E-state index contributed by atoms with van der Waals surface area (Å²) in [4.78, 5) is 0. The van der Waals surface area contributed by atoms with E-state index in [0.717, 1.165) is 24.4 Å². The molecule has 3 aliphatic rings. The minimum atomic E-state index is 0.327. The van der Waals surface area contributed by atoms with E-state index in [4.69, 9.17) is 4.74 Å². The number of fused-ring (bicyclic) bond motifs is 1. The van der Waals surface area contributed by atoms with Crippen molar-refractivity contribution in [1.82, 2.24) is 0 Å². The summed E-state index contributed by atoms with van der Waals surface area (Å²) in [7, 11) is 0. The van der Waals surface area contributed by atoms with Gasteiger partial charge in [0.15, 0.2) is 0 Å². The molecule has 1 aliphatic heterocycles. The summed E-state index contributed by atoms with van der Waals surface area (Å²) in [5.41, 5.74) is 0.327. The molecule has 2 saturated carbocycles. The molecule has 13 heavy (non-hydrogen) atoms. The largest absolute Gasteiger partial charge is 0.374 e. The second-order valence-corrected chi connectivity index (χ2v) is 5.46. The SMILES string of the molecule is C[C@@H]1CCC[C@]12CC[C@H]1C[C@@H]1CO2. The Morgan fingerprint density at radius 2 is 2.08 bits per heavy atom. The zero-order chi connectivity index (χ0) is 8.89. The summed E-state index contributed by atoms with van der Waals surface area (Å²) < 4.78 is 6.22. The van der Waals surface area contributed by atoms with E-state index in [0.29, 0.717) is 5.60 Å². The predicted octanol–water partition coefficient (Wildman–Crippen LogP) is 2.99. The highest BCUT2D eigenvalue weighted by atomic mass is 16.5. The van der Waals surface area contributed by atoms with Crippen LogP contribution in [0.1, 0.15) is 45.4 Å². The third kappa shape index (κ3) is 1.24. The summed E-state index contributed by atoms with van der Waals surface area (Å²) in [6, 6.07) is 0. The minimum absolute atomic E-state index is 0.327. The summed E-state index contributed by atoms with van der Waals surface area (Å²) in [5.74, 6) is 2.82. The highest BCUT2D eigenvalue weighted by molar-refractivity contribution is 4.98. The molecule has 1 heterocycles. The molecule has 0 aromatic carbocycles. The highest BCUT2D eigenvalue weighted by Gasteiger charge is 2.48. The summed E-state index contributed by atoms with van der Waals surface area (Å²) in [6.45, 7) is 3.47. The molecule has 3 fully saturated rings. The Bertz CT molecular complexity index is 199. The van der Waals surface area contributed by atoms with Gasteiger partial charge in [-0.05, 0) is 49.9 Å². The first-order valence-corrected chi connectivity index (χ1v) is 5.94. The van der Waals surface area contributed by atoms with Gasteiger partial charge in [-0.15, -0.1) is 0 Å². The van der Waals surface area contributed by atoms with Crippen LogP contribution in [0.15, 0.2) is 0 Å². The maximum absolute atomic E-state index is 6.22. The molecule has 0 unspecified atom stereocenters. The maximum atomic E-state index is 6.22. The van der Waals surface area contributed by atoms with Gasteiger partial charge in [0.05, 0.1) is 12.2 Å². The van der Waals surface area contributed by atoms with Crippen LogP contribution in [0.5, 0.6) is 0 Å². The van der Waals surface area contributed by atoms with Gasteiger partial charge in [0.25, 0.3) is 0 Å². The van der Waals surface area contributed by atoms with E-state index in [9.17, 15) is 0 Å². The lowest BCUT2D eigenvalue weighted by molar-refractivity contribution is -0.0717. The van der Waals surface area contributed by atoms with Crippen LogP contribution in [0.2, 0.25) is 0 Å². The molecule has 1 heteroatoms. The molecule has 1 nitrogen and oxygen atoms in total. The van der Waals surface area contributed by atoms with Crippen molar-refractivity contribution in [3.05, 3.63) is 0 Å². The number of hydrogen-bond donors (Lipinski definition) is 0. The molecular formula is C12H20O. The molecule has 0 aromatic rings. The molecule has 0 amide bonds. The Hall–Kier alpha value is -0.0400. The third-order valence-electron chi connectivity index (χ3n) is 4.73. The number of hydrogen-bond acceptors (Lipinski definition) is 1. The van der Waals surface area contributed by atoms with Crippen LogP contribution in [0.25, 0.3) is 0 Å². The van der Waals surface area contributed by atoms with Crippen LogP contribution in [0, 0.1) is 17.8 Å². The Morgan fingerprint density at radius 1 is 1.15 bits per heavy atom. The topological polar surface area (TPSA) is 9.23 Å². The molecular weight excluding hydrogens is 160 g/mol. The molecule has 4 atom stereocenters. The zero-order valence-corrected chi connectivity index (χ0v) is 8.59. The van der Waals surface area contributed by atoms with Crippen LogP contribution < -0.4 is 0 Å². The van der Waals surface area contributed by atoms with Crippen molar-refractivity contribution in [3.63, 3.8) is 0 Å². The second kappa shape index (κ2) is 2.73. The molecule has 0 bridgehead atoms. The number of ether oxygens (including phenoxy) is 1. The Kier molecular flexibility index (Phi) is 1.74. The molecule has 1 saturated heterocycles. The molecule has 2 aliphatic carbocycles. The van der Waals surface area contributed by atoms with E-state index in [1.165, 1.54) is 38.5 Å². The van der Waals surface area contributed by atoms with Crippen molar-refractivity contribution in [2.75, 3.05) is 6.61 Å². The van der Waals surface area contributed by atoms with Crippen molar-refractivity contribution in [1.29, 1.82) is 0 Å². The van der Waals surface area contributed by atoms with Gasteiger partial charge in [0, 0.05) is 0 Å². The third-order valence-corrected chi connectivity index (χ3v) is 4.73. The van der Waals surface area contributed by atoms with Crippen molar-refractivity contribution in [2.45, 2.75) is 51.0 Å². The standard InChI is InChI=1S/C12H20O/c1-9-3-2-5-12(9)6-4-10-7-11(10)8-13-12/h9-11H,2-8H2,1H3/t9-,10+,11-,12+/m1/s1. The van der Waals surface area contributed by atoms with Gasteiger partial charge in [-0.3, -0.25) is 0 Å². The molecule has 3 rings (SSSR count). The van der Waals surface area contributed by atoms with Gasteiger partial charge in [-0.2, -0.15) is 0 Å². The fourth-order valence-electron chi connectivity index (χ4n) is 3.45. The smallest absolute Gasteiger partial charge is 0.0708 e. The van der Waals surface area contributed by atoms with E-state index in [1.807, 2.05) is 0 Å². The van der Waals surface area contributed by atoms with E-state index < -0.39 is 0 Å². The van der Waals surface area contributed by atoms with E-state index in [-0.39, 0.29) is 0 Å². The molecule has 0 N–H and O–H groups in total. The van der Waals surface area contributed by atoms with Crippen molar-refractivity contribution in [2.24, 2.45) is 17.8 Å². The van der Waals surface area contributed by atoms with Crippen LogP contribution in [-0.2, 0) is 4.74 Å². The average Bonchev–Trinajstić information content (AvgIpc) is 2.79. The Balaban J connectivity index is 1.75. The van der Waals surface area contributed by atoms with Gasteiger partial charge in [0.2, 0.25) is 0 Å². The minimum Gasteiger partial charge on any atom is -0.374 e. The van der Waals surface area contributed by atoms with Crippen molar-refractivity contribution < 1.29 is 4.74 Å². The van der Waals surface area contributed by atoms with Gasteiger partial charge < -0.3 is 4.74 Å². The van der Waals surface area contributed by atoms with E-state index in [2.05, 4.69) is 6.92 Å². The monoisotopic (exact) mass is 180 g/mol. The second-order valence-electron chi connectivity index (χ2n) is 5.46. The van der Waals surface area contributed by atoms with Gasteiger partial charge in [0.1, 0.15) is 0 Å². The molecule has 0 aromatic heterocycles. The first-order chi connectivity index (χ1) is 6.30. The van der Waals surface area contributed by atoms with Gasteiger partial charge in [-0.1, -0.05) is 13.3 Å². The van der Waals surface area contributed by atoms with E-state index in [1.54, 1.807) is 0 Å². The molecule has 0 radical (unpaired) electrons. The highest BCUT2D eigenvalue weighted by Crippen LogP contribution is 2.52. The summed E-state index contributed by atoms with van der Waals surface area (Å²) in [5, 5.41) is 0. The summed E-state index contributed by atoms with van der Waals surface area (Å²) in [6.07, 6.45) is 8.41. The lowest BCUT2D eigenvalue weighted by Gasteiger charge is -2.33. The Labute approximate surface area is 80.8 Å². The van der Waals surface area contributed by atoms with Crippen molar-refractivity contribution in [3.8, 4) is 0 Å². The van der Waals surface area contributed by atoms with Gasteiger partial charge in [-0.25, -0.2) is 0 Å². The first kappa shape index (κ1) is 8.28. The van der Waals surface area contributed by atoms with Crippen LogP contribution in [0.4, 0.5) is 0 Å². The van der Waals surface area contributed by atoms with Crippen LogP contribution in [-0.4, -0.2) is 12.2 Å². The normalized spacial score (nSPS) is 54.7. The van der Waals surface area contributed by atoms with Gasteiger partial charge >= 0.3 is 0 Å². The molecule has 1 spiro atoms. The summed E-state index contributed by atoms with van der Waals surface area (Å²) >= 11 is 0. The quantitative estimate of drug-likeness (QED) is 0.557. The lowest BCUT2D eigenvalue weighted by Crippen LogP contribution is -2.35. The van der Waals surface area contributed by atoms with Crippen LogP contribution in [0.3, 0.4) is 0 Å². The predicted molar refractivity (Wildman–Crippen MR) is 52.5 cm³/mol. The maximum Gasteiger partial charge on any atom is 0.0708 e. The van der Waals surface area contributed by atoms with Crippen molar-refractivity contribution >= 4 is 0 Å². The lowest BCUT2D eigenvalue weighted by atomic mass is 9.87. The fourth-order valence-corrected chi connectivity index (χ4v) is 3.45. The zero-order valence-electron chi connectivity index (χ0n) is 8.59. The number of rotatable bonds is 0. The fraction of sp³-hybridized carbons (Fsp3) is 1.00. The van der Waals surface area contributed by atoms with Crippen LogP contribution >= 0.6 is 0 Å². The Morgan fingerprint density at radius 3 is 2.85 bits per heavy atom. The molecule has 74 valence electrons. The first-order valence-electron chi connectivity index (χ1n) is 5.94. The average molecular weight is 180 g/mol. The van der Waals surface area contributed by atoms with E-state index >= 15 is 0 Å².